The number of thiazole rings is 1. The Morgan fingerprint density at radius 1 is 1.13 bits per heavy atom. The third-order valence-electron chi connectivity index (χ3n) is 5.41. The molecule has 0 spiro atoms. The second-order valence-electron chi connectivity index (χ2n) is 7.62. The van der Waals surface area contributed by atoms with E-state index in [1.807, 2.05) is 19.2 Å². The highest BCUT2D eigenvalue weighted by Gasteiger charge is 2.14. The summed E-state index contributed by atoms with van der Waals surface area (Å²) in [4.78, 5) is 25.7. The van der Waals surface area contributed by atoms with Crippen molar-refractivity contribution in [2.24, 2.45) is 0 Å². The van der Waals surface area contributed by atoms with Gasteiger partial charge in [0.2, 0.25) is 5.91 Å². The Balaban J connectivity index is 1.37. The van der Waals surface area contributed by atoms with Crippen molar-refractivity contribution >= 4 is 28.2 Å². The molecule has 0 fully saturated rings. The first-order chi connectivity index (χ1) is 15.0. The number of fused-ring (bicyclic) bond motifs is 1. The van der Waals surface area contributed by atoms with Crippen LogP contribution in [0.1, 0.15) is 48.7 Å². The van der Waals surface area contributed by atoms with Crippen LogP contribution in [0.2, 0.25) is 0 Å². The summed E-state index contributed by atoms with van der Waals surface area (Å²) in [6.45, 7) is 6.12. The topological polar surface area (TPSA) is 85.1 Å². The molecule has 3 aromatic heterocycles. The lowest BCUT2D eigenvalue weighted by atomic mass is 10.1. The SMILES string of the molecule is CCCCc1ccc(-c2csc(NC(=O)CCc3c(C)nc4ncnn4c3C)n2)cc1. The first kappa shape index (κ1) is 21.1. The zero-order valence-electron chi connectivity index (χ0n) is 18.1. The molecule has 7 nitrogen and oxygen atoms in total. The van der Waals surface area contributed by atoms with Crippen molar-refractivity contribution < 1.29 is 4.79 Å². The quantitative estimate of drug-likeness (QED) is 0.431. The maximum atomic E-state index is 12.5. The average Bonchev–Trinajstić information content (AvgIpc) is 3.42. The second-order valence-corrected chi connectivity index (χ2v) is 8.48. The van der Waals surface area contributed by atoms with Gasteiger partial charge in [0.15, 0.2) is 5.13 Å². The summed E-state index contributed by atoms with van der Waals surface area (Å²) in [5.41, 5.74) is 6.16. The summed E-state index contributed by atoms with van der Waals surface area (Å²) in [6.07, 6.45) is 5.93. The number of amides is 1. The van der Waals surface area contributed by atoms with Crippen molar-refractivity contribution in [3.63, 3.8) is 0 Å². The Morgan fingerprint density at radius 3 is 2.71 bits per heavy atom. The fraction of sp³-hybridized carbons (Fsp3) is 0.348. The number of carbonyl (C=O) groups excluding carboxylic acids is 1. The molecule has 160 valence electrons. The minimum atomic E-state index is -0.0618. The van der Waals surface area contributed by atoms with Gasteiger partial charge in [-0.1, -0.05) is 37.6 Å². The van der Waals surface area contributed by atoms with Crippen LogP contribution in [-0.4, -0.2) is 30.5 Å². The largest absolute Gasteiger partial charge is 0.302 e. The average molecular weight is 435 g/mol. The maximum absolute atomic E-state index is 12.5. The molecular weight excluding hydrogens is 408 g/mol. The van der Waals surface area contributed by atoms with Gasteiger partial charge in [-0.3, -0.25) is 4.79 Å². The number of hydrogen-bond acceptors (Lipinski definition) is 6. The molecule has 1 N–H and O–H groups in total. The fourth-order valence-electron chi connectivity index (χ4n) is 3.62. The third-order valence-corrected chi connectivity index (χ3v) is 6.17. The van der Waals surface area contributed by atoms with Crippen molar-refractivity contribution in [2.75, 3.05) is 5.32 Å². The highest BCUT2D eigenvalue weighted by molar-refractivity contribution is 7.14. The summed E-state index contributed by atoms with van der Waals surface area (Å²) in [5.74, 6) is 0.519. The molecule has 0 aliphatic carbocycles. The van der Waals surface area contributed by atoms with Crippen molar-refractivity contribution in [1.82, 2.24) is 24.6 Å². The van der Waals surface area contributed by atoms with E-state index < -0.39 is 0 Å². The number of aromatic nitrogens is 5. The van der Waals surface area contributed by atoms with E-state index in [1.54, 1.807) is 4.52 Å². The van der Waals surface area contributed by atoms with E-state index in [9.17, 15) is 4.79 Å². The van der Waals surface area contributed by atoms with E-state index in [0.29, 0.717) is 23.8 Å². The Kier molecular flexibility index (Phi) is 6.36. The Labute approximate surface area is 185 Å². The van der Waals surface area contributed by atoms with Crippen LogP contribution in [0.4, 0.5) is 5.13 Å². The number of aryl methyl sites for hydroxylation is 3. The molecule has 0 aliphatic rings. The van der Waals surface area contributed by atoms with Gasteiger partial charge in [-0.05, 0) is 44.2 Å². The molecule has 0 unspecified atom stereocenters. The van der Waals surface area contributed by atoms with Crippen molar-refractivity contribution in [3.05, 3.63) is 58.5 Å². The molecule has 1 amide bonds. The second kappa shape index (κ2) is 9.34. The molecule has 0 aliphatic heterocycles. The normalized spacial score (nSPS) is 11.2. The Bertz CT molecular complexity index is 1190. The molecule has 0 bridgehead atoms. The Morgan fingerprint density at radius 2 is 1.94 bits per heavy atom. The van der Waals surface area contributed by atoms with E-state index in [2.05, 4.69) is 56.6 Å². The van der Waals surface area contributed by atoms with E-state index in [4.69, 9.17) is 0 Å². The lowest BCUT2D eigenvalue weighted by Gasteiger charge is -2.10. The smallest absolute Gasteiger partial charge is 0.252 e. The molecule has 4 rings (SSSR count). The molecule has 3 heterocycles. The van der Waals surface area contributed by atoms with Gasteiger partial charge in [-0.2, -0.15) is 10.1 Å². The summed E-state index contributed by atoms with van der Waals surface area (Å²) >= 11 is 1.44. The highest BCUT2D eigenvalue weighted by Crippen LogP contribution is 2.26. The summed E-state index contributed by atoms with van der Waals surface area (Å²) in [7, 11) is 0. The number of nitrogens with zero attached hydrogens (tertiary/aromatic N) is 5. The van der Waals surface area contributed by atoms with E-state index in [-0.39, 0.29) is 5.91 Å². The number of benzene rings is 1. The van der Waals surface area contributed by atoms with Crippen molar-refractivity contribution in [2.45, 2.75) is 52.9 Å². The standard InChI is InChI=1S/C23H26N6OS/c1-4-5-6-17-7-9-18(10-8-17)20-13-31-23(27-20)28-21(30)12-11-19-15(2)26-22-24-14-25-29(22)16(19)3/h7-10,13-14H,4-6,11-12H2,1-3H3,(H,27,28,30). The van der Waals surface area contributed by atoms with Crippen molar-refractivity contribution in [1.29, 1.82) is 0 Å². The van der Waals surface area contributed by atoms with Crippen molar-refractivity contribution in [3.8, 4) is 11.3 Å². The predicted molar refractivity (Wildman–Crippen MR) is 123 cm³/mol. The number of hydrogen-bond donors (Lipinski definition) is 1. The lowest BCUT2D eigenvalue weighted by molar-refractivity contribution is -0.116. The van der Waals surface area contributed by atoms with Gasteiger partial charge >= 0.3 is 0 Å². The number of carbonyl (C=O) groups is 1. The van der Waals surface area contributed by atoms with Gasteiger partial charge in [0, 0.05) is 28.8 Å². The van der Waals surface area contributed by atoms with Crippen LogP contribution in [0.25, 0.3) is 17.0 Å². The number of rotatable bonds is 8. The Hall–Kier alpha value is -3.13. The molecule has 31 heavy (non-hydrogen) atoms. The maximum Gasteiger partial charge on any atom is 0.252 e. The summed E-state index contributed by atoms with van der Waals surface area (Å²) in [5, 5.41) is 9.73. The monoisotopic (exact) mass is 434 g/mol. The van der Waals surface area contributed by atoms with E-state index >= 15 is 0 Å². The molecule has 0 saturated carbocycles. The van der Waals surface area contributed by atoms with Gasteiger partial charge in [-0.25, -0.2) is 14.5 Å². The van der Waals surface area contributed by atoms with E-state index in [1.165, 1.54) is 36.1 Å². The van der Waals surface area contributed by atoms with Gasteiger partial charge in [-0.15, -0.1) is 11.3 Å². The van der Waals surface area contributed by atoms with Gasteiger partial charge in [0.25, 0.3) is 5.78 Å². The van der Waals surface area contributed by atoms with Crippen LogP contribution >= 0.6 is 11.3 Å². The molecule has 0 saturated heterocycles. The van der Waals surface area contributed by atoms with Crippen LogP contribution in [0.5, 0.6) is 0 Å². The van der Waals surface area contributed by atoms with E-state index in [0.717, 1.165) is 34.6 Å². The molecule has 4 aromatic rings. The number of nitrogens with one attached hydrogen (secondary N) is 1. The third kappa shape index (κ3) is 4.80. The lowest BCUT2D eigenvalue weighted by Crippen LogP contribution is -2.14. The van der Waals surface area contributed by atoms with Crippen LogP contribution in [0, 0.1) is 13.8 Å². The first-order valence-corrected chi connectivity index (χ1v) is 11.4. The highest BCUT2D eigenvalue weighted by atomic mass is 32.1. The zero-order valence-corrected chi connectivity index (χ0v) is 18.9. The summed E-state index contributed by atoms with van der Waals surface area (Å²) < 4.78 is 1.71. The van der Waals surface area contributed by atoms with Crippen LogP contribution < -0.4 is 5.32 Å². The van der Waals surface area contributed by atoms with Gasteiger partial charge < -0.3 is 5.32 Å². The predicted octanol–water partition coefficient (Wildman–Crippen LogP) is 4.78. The van der Waals surface area contributed by atoms with Crippen LogP contribution in [0.15, 0.2) is 36.0 Å². The number of anilines is 1. The van der Waals surface area contributed by atoms with Gasteiger partial charge in [0.05, 0.1) is 5.69 Å². The van der Waals surface area contributed by atoms with Gasteiger partial charge in [0.1, 0.15) is 6.33 Å². The van der Waals surface area contributed by atoms with Crippen LogP contribution in [-0.2, 0) is 17.6 Å². The number of unbranched alkanes of at least 4 members (excludes halogenated alkanes) is 1. The minimum absolute atomic E-state index is 0.0618. The fourth-order valence-corrected chi connectivity index (χ4v) is 4.36. The minimum Gasteiger partial charge on any atom is -0.302 e. The van der Waals surface area contributed by atoms with Crippen LogP contribution in [0.3, 0.4) is 0 Å². The first-order valence-electron chi connectivity index (χ1n) is 10.6. The molecule has 0 radical (unpaired) electrons. The zero-order chi connectivity index (χ0) is 21.8. The molecular formula is C23H26N6OS. The molecule has 1 aromatic carbocycles. The molecule has 8 heteroatoms. The molecule has 0 atom stereocenters. The summed E-state index contributed by atoms with van der Waals surface area (Å²) in [6, 6.07) is 8.52.